The number of hydrogen-bond acceptors (Lipinski definition) is 3. The van der Waals surface area contributed by atoms with Crippen molar-refractivity contribution in [2.45, 2.75) is 26.3 Å². The number of nitrogens with zero attached hydrogens (tertiary/aromatic N) is 3. The van der Waals surface area contributed by atoms with E-state index in [0.717, 1.165) is 11.4 Å². The summed E-state index contributed by atoms with van der Waals surface area (Å²) in [6, 6.07) is 7.21. The first kappa shape index (κ1) is 13.8. The van der Waals surface area contributed by atoms with E-state index >= 15 is 0 Å². The van der Waals surface area contributed by atoms with Gasteiger partial charge in [-0.15, -0.1) is 0 Å². The normalized spacial score (nSPS) is 12.7. The lowest BCUT2D eigenvalue weighted by Gasteiger charge is -2.14. The van der Waals surface area contributed by atoms with Gasteiger partial charge in [-0.1, -0.05) is 17.7 Å². The number of halogens is 1. The van der Waals surface area contributed by atoms with Crippen LogP contribution in [-0.2, 0) is 6.42 Å². The number of rotatable bonds is 3. The number of hydrogen-bond donors (Lipinski definition) is 1. The number of H-pyrrole nitrogens is 1. The quantitative estimate of drug-likeness (QED) is 0.809. The molecule has 0 amide bonds. The second-order valence-electron chi connectivity index (χ2n) is 5.19. The molecule has 1 N–H and O–H groups in total. The molecule has 3 aromatic rings. The van der Waals surface area contributed by atoms with Gasteiger partial charge >= 0.3 is 0 Å². The summed E-state index contributed by atoms with van der Waals surface area (Å²) in [6.07, 6.45) is 2.23. The van der Waals surface area contributed by atoms with Gasteiger partial charge in [0.25, 0.3) is 5.56 Å². The van der Waals surface area contributed by atoms with Gasteiger partial charge in [0.2, 0.25) is 0 Å². The van der Waals surface area contributed by atoms with Gasteiger partial charge in [-0.05, 0) is 32.0 Å². The van der Waals surface area contributed by atoms with Crippen molar-refractivity contribution < 1.29 is 0 Å². The average molecular weight is 303 g/mol. The predicted molar refractivity (Wildman–Crippen MR) is 82.8 cm³/mol. The molecule has 6 heteroatoms. The molecule has 1 aromatic carbocycles. The van der Waals surface area contributed by atoms with Crippen LogP contribution in [0.25, 0.3) is 10.9 Å². The van der Waals surface area contributed by atoms with Gasteiger partial charge in [-0.25, -0.2) is 4.98 Å². The summed E-state index contributed by atoms with van der Waals surface area (Å²) >= 11 is 6.13. The molecule has 2 heterocycles. The van der Waals surface area contributed by atoms with Crippen molar-refractivity contribution in [1.29, 1.82) is 0 Å². The minimum Gasteiger partial charge on any atom is -0.295 e. The van der Waals surface area contributed by atoms with Gasteiger partial charge in [-0.2, -0.15) is 5.10 Å². The maximum absolute atomic E-state index is 12.6. The SMILES string of the molecule is Cc1cc(CC(C)n2cnc3cccc(Cl)c3c2=O)n[nH]1. The molecule has 0 aliphatic rings. The van der Waals surface area contributed by atoms with E-state index in [2.05, 4.69) is 15.2 Å². The zero-order valence-electron chi connectivity index (χ0n) is 11.8. The Balaban J connectivity index is 2.02. The number of benzene rings is 1. The number of aromatic amines is 1. The van der Waals surface area contributed by atoms with Crippen LogP contribution in [0.2, 0.25) is 5.02 Å². The molecule has 0 fully saturated rings. The Labute approximate surface area is 126 Å². The molecule has 0 saturated carbocycles. The van der Waals surface area contributed by atoms with Gasteiger partial charge in [0.1, 0.15) is 0 Å². The third-order valence-corrected chi connectivity index (χ3v) is 3.81. The molecule has 0 bridgehead atoms. The molecule has 0 aliphatic carbocycles. The second-order valence-corrected chi connectivity index (χ2v) is 5.59. The summed E-state index contributed by atoms with van der Waals surface area (Å²) in [5, 5.41) is 8.01. The third kappa shape index (κ3) is 2.56. The standard InChI is InChI=1S/C15H15ClN4O/c1-9-6-11(19-18-9)7-10(2)20-8-17-13-5-3-4-12(16)14(13)15(20)21/h3-6,8,10H,7H2,1-2H3,(H,18,19). The summed E-state index contributed by atoms with van der Waals surface area (Å²) in [7, 11) is 0. The summed E-state index contributed by atoms with van der Waals surface area (Å²) in [6.45, 7) is 3.92. The number of aryl methyl sites for hydroxylation is 1. The maximum Gasteiger partial charge on any atom is 0.262 e. The van der Waals surface area contributed by atoms with Crippen LogP contribution in [0.3, 0.4) is 0 Å². The van der Waals surface area contributed by atoms with Gasteiger partial charge < -0.3 is 0 Å². The van der Waals surface area contributed by atoms with Gasteiger partial charge in [-0.3, -0.25) is 14.5 Å². The van der Waals surface area contributed by atoms with Crippen LogP contribution in [0.5, 0.6) is 0 Å². The first-order valence-electron chi connectivity index (χ1n) is 6.72. The first-order valence-corrected chi connectivity index (χ1v) is 7.10. The Morgan fingerprint density at radius 2 is 2.24 bits per heavy atom. The Hall–Kier alpha value is -2.14. The number of nitrogens with one attached hydrogen (secondary N) is 1. The van der Waals surface area contributed by atoms with E-state index in [1.807, 2.05) is 19.9 Å². The molecule has 21 heavy (non-hydrogen) atoms. The Bertz CT molecular complexity index is 852. The Kier molecular flexibility index (Phi) is 3.51. The fraction of sp³-hybridized carbons (Fsp3) is 0.267. The molecule has 108 valence electrons. The summed E-state index contributed by atoms with van der Waals surface area (Å²) < 4.78 is 1.61. The van der Waals surface area contributed by atoms with Crippen molar-refractivity contribution in [1.82, 2.24) is 19.7 Å². The molecule has 0 radical (unpaired) electrons. The van der Waals surface area contributed by atoms with E-state index in [9.17, 15) is 4.79 Å². The average Bonchev–Trinajstić information content (AvgIpc) is 2.84. The third-order valence-electron chi connectivity index (χ3n) is 3.50. The zero-order chi connectivity index (χ0) is 15.0. The van der Waals surface area contributed by atoms with Crippen molar-refractivity contribution in [3.63, 3.8) is 0 Å². The summed E-state index contributed by atoms with van der Waals surface area (Å²) in [4.78, 5) is 16.9. The van der Waals surface area contributed by atoms with Crippen LogP contribution in [0.4, 0.5) is 0 Å². The van der Waals surface area contributed by atoms with Crippen LogP contribution >= 0.6 is 11.6 Å². The van der Waals surface area contributed by atoms with E-state index in [1.165, 1.54) is 0 Å². The zero-order valence-corrected chi connectivity index (χ0v) is 12.6. The van der Waals surface area contributed by atoms with Crippen molar-refractivity contribution in [3.05, 3.63) is 57.4 Å². The largest absolute Gasteiger partial charge is 0.295 e. The predicted octanol–water partition coefficient (Wildman–Crippen LogP) is 2.89. The van der Waals surface area contributed by atoms with Crippen LogP contribution < -0.4 is 5.56 Å². The summed E-state index contributed by atoms with van der Waals surface area (Å²) in [5.74, 6) is 0. The molecule has 5 nitrogen and oxygen atoms in total. The highest BCUT2D eigenvalue weighted by Gasteiger charge is 2.13. The topological polar surface area (TPSA) is 63.6 Å². The monoisotopic (exact) mass is 302 g/mol. The molecule has 1 unspecified atom stereocenters. The number of fused-ring (bicyclic) bond motifs is 1. The smallest absolute Gasteiger partial charge is 0.262 e. The van der Waals surface area contributed by atoms with Gasteiger partial charge in [0.05, 0.1) is 27.9 Å². The highest BCUT2D eigenvalue weighted by molar-refractivity contribution is 6.35. The molecule has 0 saturated heterocycles. The molecule has 2 aromatic heterocycles. The molecule has 0 aliphatic heterocycles. The fourth-order valence-electron chi connectivity index (χ4n) is 2.43. The number of aromatic nitrogens is 4. The van der Waals surface area contributed by atoms with E-state index in [1.54, 1.807) is 29.1 Å². The van der Waals surface area contributed by atoms with Crippen molar-refractivity contribution in [3.8, 4) is 0 Å². The minimum atomic E-state index is -0.120. The van der Waals surface area contributed by atoms with Crippen LogP contribution in [0, 0.1) is 6.92 Å². The van der Waals surface area contributed by atoms with E-state index in [0.29, 0.717) is 22.3 Å². The van der Waals surface area contributed by atoms with Crippen LogP contribution in [-0.4, -0.2) is 19.7 Å². The highest BCUT2D eigenvalue weighted by Crippen LogP contribution is 2.19. The van der Waals surface area contributed by atoms with Crippen molar-refractivity contribution in [2.24, 2.45) is 0 Å². The van der Waals surface area contributed by atoms with Gasteiger partial charge in [0, 0.05) is 18.2 Å². The lowest BCUT2D eigenvalue weighted by atomic mass is 10.1. The van der Waals surface area contributed by atoms with E-state index in [-0.39, 0.29) is 11.6 Å². The highest BCUT2D eigenvalue weighted by atomic mass is 35.5. The van der Waals surface area contributed by atoms with E-state index in [4.69, 9.17) is 11.6 Å². The molecule has 0 spiro atoms. The Morgan fingerprint density at radius 1 is 1.43 bits per heavy atom. The van der Waals surface area contributed by atoms with Gasteiger partial charge in [0.15, 0.2) is 0 Å². The maximum atomic E-state index is 12.6. The van der Waals surface area contributed by atoms with Crippen molar-refractivity contribution >= 4 is 22.5 Å². The second kappa shape index (κ2) is 5.33. The first-order chi connectivity index (χ1) is 10.1. The van der Waals surface area contributed by atoms with Crippen LogP contribution in [0.1, 0.15) is 24.4 Å². The molecular formula is C15H15ClN4O. The fourth-order valence-corrected chi connectivity index (χ4v) is 2.68. The molecular weight excluding hydrogens is 288 g/mol. The van der Waals surface area contributed by atoms with Crippen molar-refractivity contribution in [2.75, 3.05) is 0 Å². The van der Waals surface area contributed by atoms with E-state index < -0.39 is 0 Å². The van der Waals surface area contributed by atoms with Crippen LogP contribution in [0.15, 0.2) is 35.4 Å². The lowest BCUT2D eigenvalue weighted by molar-refractivity contribution is 0.517. The Morgan fingerprint density at radius 3 is 2.95 bits per heavy atom. The molecule has 1 atom stereocenters. The summed E-state index contributed by atoms with van der Waals surface area (Å²) in [5.41, 5.74) is 2.42. The lowest BCUT2D eigenvalue weighted by Crippen LogP contribution is -2.25. The minimum absolute atomic E-state index is 0.0478. The molecule has 3 rings (SSSR count).